The molecule has 0 aliphatic carbocycles. The second-order valence-electron chi connectivity index (χ2n) is 8.05. The summed E-state index contributed by atoms with van der Waals surface area (Å²) in [4.78, 5) is 27.7. The lowest BCUT2D eigenvalue weighted by Crippen LogP contribution is -2.45. The summed E-state index contributed by atoms with van der Waals surface area (Å²) in [6.45, 7) is 7.85. The van der Waals surface area contributed by atoms with E-state index < -0.39 is 0 Å². The number of nitrogens with zero attached hydrogens (tertiary/aromatic N) is 5. The number of benzene rings is 1. The first-order valence-electron chi connectivity index (χ1n) is 10.2. The fourth-order valence-corrected chi connectivity index (χ4v) is 4.32. The van der Waals surface area contributed by atoms with Crippen LogP contribution in [0.2, 0.25) is 0 Å². The van der Waals surface area contributed by atoms with Crippen LogP contribution in [0.4, 0.5) is 10.5 Å². The molecule has 8 nitrogen and oxygen atoms in total. The summed E-state index contributed by atoms with van der Waals surface area (Å²) in [6.07, 6.45) is 5.88. The fraction of sp³-hybridized carbons (Fsp3) is 0.429. The van der Waals surface area contributed by atoms with Crippen molar-refractivity contribution < 1.29 is 9.63 Å². The van der Waals surface area contributed by atoms with Crippen LogP contribution in [0.15, 0.2) is 36.8 Å². The first-order chi connectivity index (χ1) is 14.1. The lowest BCUT2D eigenvalue weighted by atomic mass is 10.0. The third-order valence-corrected chi connectivity index (χ3v) is 5.88. The van der Waals surface area contributed by atoms with Gasteiger partial charge in [-0.1, -0.05) is 17.7 Å². The zero-order chi connectivity index (χ0) is 20.1. The van der Waals surface area contributed by atoms with Crippen molar-refractivity contribution in [2.24, 2.45) is 0 Å². The fourth-order valence-electron chi connectivity index (χ4n) is 4.32. The minimum atomic E-state index is -0.173. The number of carbonyl (C=O) groups is 1. The van der Waals surface area contributed by atoms with E-state index in [4.69, 9.17) is 4.84 Å². The molecule has 1 saturated heterocycles. The molecule has 1 unspecified atom stereocenters. The van der Waals surface area contributed by atoms with Crippen LogP contribution in [0.3, 0.4) is 0 Å². The molecule has 3 aliphatic rings. The normalized spacial score (nSPS) is 20.6. The number of urea groups is 1. The molecule has 0 spiro atoms. The van der Waals surface area contributed by atoms with Crippen molar-refractivity contribution in [3.05, 3.63) is 48.2 Å². The molecule has 4 heterocycles. The van der Waals surface area contributed by atoms with Crippen LogP contribution in [0.5, 0.6) is 0 Å². The summed E-state index contributed by atoms with van der Waals surface area (Å²) in [5.41, 5.74) is 6.49. The maximum Gasteiger partial charge on any atom is 0.325 e. The SMILES string of the molecule is CC(C)N1C=C(c2ncn3c2C(C)N(C(=O)N2CCCC2)c2ccccc2-3)ON1. The lowest BCUT2D eigenvalue weighted by Gasteiger charge is -2.38. The molecule has 1 aromatic carbocycles. The second kappa shape index (κ2) is 6.81. The highest BCUT2D eigenvalue weighted by Gasteiger charge is 2.38. The Morgan fingerprint density at radius 2 is 1.93 bits per heavy atom. The Morgan fingerprint density at radius 1 is 1.21 bits per heavy atom. The predicted molar refractivity (Wildman–Crippen MR) is 110 cm³/mol. The van der Waals surface area contributed by atoms with E-state index in [1.165, 1.54) is 0 Å². The van der Waals surface area contributed by atoms with Gasteiger partial charge in [-0.3, -0.25) is 14.5 Å². The standard InChI is InChI=1S/C21H26N6O2/c1-14(2)26-12-18(29-23-26)19-20-15(3)27(21(28)24-10-6-7-11-24)17-9-5-4-8-16(17)25(20)13-22-19/h4-5,8-9,12-15,23H,6-7,10-11H2,1-3H3. The van der Waals surface area contributed by atoms with Crippen LogP contribution in [0.25, 0.3) is 11.4 Å². The van der Waals surface area contributed by atoms with Crippen LogP contribution in [0.1, 0.15) is 51.0 Å². The van der Waals surface area contributed by atoms with Crippen molar-refractivity contribution in [2.45, 2.75) is 45.7 Å². The molecule has 8 heteroatoms. The third-order valence-electron chi connectivity index (χ3n) is 5.88. The van der Waals surface area contributed by atoms with Crippen molar-refractivity contribution in [3.8, 4) is 5.69 Å². The number of amides is 2. The van der Waals surface area contributed by atoms with E-state index in [-0.39, 0.29) is 18.1 Å². The minimum Gasteiger partial charge on any atom is -0.385 e. The van der Waals surface area contributed by atoms with Gasteiger partial charge < -0.3 is 9.74 Å². The Kier molecular flexibility index (Phi) is 4.24. The van der Waals surface area contributed by atoms with Crippen molar-refractivity contribution in [1.29, 1.82) is 0 Å². The van der Waals surface area contributed by atoms with E-state index in [0.29, 0.717) is 5.76 Å². The first kappa shape index (κ1) is 18.1. The summed E-state index contributed by atoms with van der Waals surface area (Å²) in [5, 5.41) is 1.90. The van der Waals surface area contributed by atoms with Crippen LogP contribution < -0.4 is 10.5 Å². The van der Waals surface area contributed by atoms with Crippen LogP contribution in [0, 0.1) is 0 Å². The van der Waals surface area contributed by atoms with Crippen molar-refractivity contribution >= 4 is 17.5 Å². The van der Waals surface area contributed by atoms with Gasteiger partial charge in [-0.15, -0.1) is 0 Å². The van der Waals surface area contributed by atoms with Gasteiger partial charge in [0.2, 0.25) is 0 Å². The Balaban J connectivity index is 1.60. The highest BCUT2D eigenvalue weighted by Crippen LogP contribution is 2.42. The Bertz CT molecular complexity index is 975. The van der Waals surface area contributed by atoms with Crippen LogP contribution >= 0.6 is 0 Å². The molecule has 2 amide bonds. The Morgan fingerprint density at radius 3 is 2.62 bits per heavy atom. The van der Waals surface area contributed by atoms with Gasteiger partial charge in [0.05, 0.1) is 29.3 Å². The summed E-state index contributed by atoms with van der Waals surface area (Å²) in [5.74, 6) is 0.659. The average Bonchev–Trinajstić information content (AvgIpc) is 3.47. The number of hydrogen-bond acceptors (Lipinski definition) is 5. The summed E-state index contributed by atoms with van der Waals surface area (Å²) < 4.78 is 2.07. The molecule has 0 radical (unpaired) electrons. The molecule has 5 rings (SSSR count). The van der Waals surface area contributed by atoms with Crippen molar-refractivity contribution in [2.75, 3.05) is 18.0 Å². The van der Waals surface area contributed by atoms with Crippen molar-refractivity contribution in [1.82, 2.24) is 25.0 Å². The second-order valence-corrected chi connectivity index (χ2v) is 8.05. The maximum atomic E-state index is 13.4. The van der Waals surface area contributed by atoms with E-state index in [2.05, 4.69) is 35.9 Å². The van der Waals surface area contributed by atoms with Crippen LogP contribution in [-0.4, -0.2) is 44.6 Å². The van der Waals surface area contributed by atoms with E-state index in [1.54, 1.807) is 0 Å². The van der Waals surface area contributed by atoms with E-state index in [0.717, 1.165) is 48.7 Å². The summed E-state index contributed by atoms with van der Waals surface area (Å²) in [7, 11) is 0. The van der Waals surface area contributed by atoms with Gasteiger partial charge in [-0.2, -0.15) is 0 Å². The number of para-hydroxylation sites is 2. The minimum absolute atomic E-state index is 0.0594. The Hall–Kier alpha value is -3.00. The molecule has 3 aliphatic heterocycles. The van der Waals surface area contributed by atoms with Gasteiger partial charge in [0, 0.05) is 19.1 Å². The largest absolute Gasteiger partial charge is 0.385 e. The molecule has 1 N–H and O–H groups in total. The smallest absolute Gasteiger partial charge is 0.325 e. The van der Waals surface area contributed by atoms with E-state index in [1.807, 2.05) is 51.6 Å². The molecule has 1 atom stereocenters. The number of likely N-dealkylation sites (tertiary alicyclic amines) is 1. The number of nitrogens with one attached hydrogen (secondary N) is 1. The number of carbonyl (C=O) groups excluding carboxylic acids is 1. The molecule has 29 heavy (non-hydrogen) atoms. The average molecular weight is 394 g/mol. The topological polar surface area (TPSA) is 65.9 Å². The van der Waals surface area contributed by atoms with E-state index >= 15 is 0 Å². The monoisotopic (exact) mass is 394 g/mol. The predicted octanol–water partition coefficient (Wildman–Crippen LogP) is 3.43. The Labute approximate surface area is 170 Å². The quantitative estimate of drug-likeness (QED) is 0.845. The molecule has 152 valence electrons. The number of hydrogen-bond donors (Lipinski definition) is 1. The molecule has 2 aromatic rings. The molecule has 1 fully saturated rings. The number of imidazole rings is 1. The molecular formula is C21H26N6O2. The number of anilines is 1. The number of rotatable bonds is 2. The molecule has 0 saturated carbocycles. The summed E-state index contributed by atoms with van der Waals surface area (Å²) in [6, 6.07) is 8.14. The van der Waals surface area contributed by atoms with Gasteiger partial charge in [0.25, 0.3) is 0 Å². The molecular weight excluding hydrogens is 368 g/mol. The van der Waals surface area contributed by atoms with E-state index in [9.17, 15) is 4.79 Å². The molecule has 1 aromatic heterocycles. The number of aromatic nitrogens is 2. The van der Waals surface area contributed by atoms with Gasteiger partial charge in [0.1, 0.15) is 12.0 Å². The van der Waals surface area contributed by atoms with Gasteiger partial charge in [-0.25, -0.2) is 9.78 Å². The van der Waals surface area contributed by atoms with Gasteiger partial charge in [-0.05, 0) is 45.7 Å². The summed E-state index contributed by atoms with van der Waals surface area (Å²) >= 11 is 0. The highest BCUT2D eigenvalue weighted by atomic mass is 16.7. The molecule has 0 bridgehead atoms. The highest BCUT2D eigenvalue weighted by molar-refractivity contribution is 5.96. The third kappa shape index (κ3) is 2.78. The van der Waals surface area contributed by atoms with Gasteiger partial charge in [0.15, 0.2) is 5.76 Å². The maximum absolute atomic E-state index is 13.4. The van der Waals surface area contributed by atoms with Crippen LogP contribution in [-0.2, 0) is 4.84 Å². The number of hydrazine groups is 1. The van der Waals surface area contributed by atoms with Crippen molar-refractivity contribution in [3.63, 3.8) is 0 Å². The lowest BCUT2D eigenvalue weighted by molar-refractivity contribution is 0.0284. The first-order valence-corrected chi connectivity index (χ1v) is 10.2. The van der Waals surface area contributed by atoms with Gasteiger partial charge >= 0.3 is 6.03 Å². The zero-order valence-corrected chi connectivity index (χ0v) is 17.0. The number of fused-ring (bicyclic) bond motifs is 3. The zero-order valence-electron chi connectivity index (χ0n) is 17.0.